The summed E-state index contributed by atoms with van der Waals surface area (Å²) in [6, 6.07) is 7.42. The van der Waals surface area contributed by atoms with Crippen LogP contribution in [0.4, 0.5) is 0 Å². The van der Waals surface area contributed by atoms with Crippen molar-refractivity contribution in [3.8, 4) is 11.5 Å². The van der Waals surface area contributed by atoms with E-state index in [1.807, 2.05) is 0 Å². The third-order valence-corrected chi connectivity index (χ3v) is 3.71. The normalized spacial score (nSPS) is 11.3. The largest absolute Gasteiger partial charge is 0.454 e. The second-order valence-corrected chi connectivity index (χ2v) is 6.43. The van der Waals surface area contributed by atoms with Gasteiger partial charge in [0.1, 0.15) is 5.75 Å². The van der Waals surface area contributed by atoms with Gasteiger partial charge < -0.3 is 4.74 Å². The average molecular weight is 319 g/mol. The third kappa shape index (κ3) is 3.56. The highest BCUT2D eigenvalue weighted by Gasteiger charge is 2.10. The van der Waals surface area contributed by atoms with Gasteiger partial charge in [0.05, 0.1) is 4.90 Å². The summed E-state index contributed by atoms with van der Waals surface area (Å²) in [4.78, 5) is 0.147. The van der Waals surface area contributed by atoms with E-state index in [1.165, 1.54) is 18.2 Å². The lowest BCUT2D eigenvalue weighted by molar-refractivity contribution is 0.477. The van der Waals surface area contributed by atoms with Crippen molar-refractivity contribution in [2.75, 3.05) is 6.26 Å². The molecule has 0 aliphatic heterocycles. The molecule has 8 heteroatoms. The summed E-state index contributed by atoms with van der Waals surface area (Å²) in [7, 11) is -3.30. The first kappa shape index (κ1) is 14.0. The molecule has 0 aliphatic rings. The van der Waals surface area contributed by atoms with E-state index in [0.717, 1.165) is 6.26 Å². The minimum absolute atomic E-state index is 0.0363. The van der Waals surface area contributed by atoms with Crippen LogP contribution in [0.2, 0.25) is 10.3 Å². The molecule has 0 saturated heterocycles. The Morgan fingerprint density at radius 3 is 2.58 bits per heavy atom. The van der Waals surface area contributed by atoms with Gasteiger partial charge >= 0.3 is 0 Å². The molecule has 1 aromatic heterocycles. The molecule has 0 amide bonds. The van der Waals surface area contributed by atoms with E-state index >= 15 is 0 Å². The maximum Gasteiger partial charge on any atom is 0.194 e. The summed E-state index contributed by atoms with van der Waals surface area (Å²) in [5, 5.41) is 7.29. The molecule has 5 nitrogen and oxygen atoms in total. The number of rotatable bonds is 3. The van der Waals surface area contributed by atoms with Crippen LogP contribution in [0.3, 0.4) is 0 Å². The summed E-state index contributed by atoms with van der Waals surface area (Å²) in [6.07, 6.45) is 1.12. The van der Waals surface area contributed by atoms with Crippen molar-refractivity contribution in [3.63, 3.8) is 0 Å². The van der Waals surface area contributed by atoms with Gasteiger partial charge in [-0.1, -0.05) is 29.3 Å². The predicted molar refractivity (Wildman–Crippen MR) is 71.7 cm³/mol. The zero-order valence-corrected chi connectivity index (χ0v) is 12.0. The van der Waals surface area contributed by atoms with Crippen LogP contribution in [-0.4, -0.2) is 24.9 Å². The van der Waals surface area contributed by atoms with Gasteiger partial charge in [0.2, 0.25) is 0 Å². The SMILES string of the molecule is CS(=O)(=O)c1cccc(Oc2cc(Cl)nnc2Cl)c1. The quantitative estimate of drug-likeness (QED) is 0.870. The number of nitrogens with zero attached hydrogens (tertiary/aromatic N) is 2. The highest BCUT2D eigenvalue weighted by molar-refractivity contribution is 7.90. The Balaban J connectivity index is 2.36. The fourth-order valence-electron chi connectivity index (χ4n) is 1.30. The number of ether oxygens (including phenoxy) is 1. The third-order valence-electron chi connectivity index (χ3n) is 2.15. The molecule has 0 unspecified atom stereocenters. The Hall–Kier alpha value is -1.37. The molecule has 0 N–H and O–H groups in total. The van der Waals surface area contributed by atoms with Crippen molar-refractivity contribution in [1.29, 1.82) is 0 Å². The van der Waals surface area contributed by atoms with Crippen LogP contribution in [0.15, 0.2) is 35.2 Å². The molecule has 2 rings (SSSR count). The van der Waals surface area contributed by atoms with Crippen molar-refractivity contribution in [2.45, 2.75) is 4.90 Å². The van der Waals surface area contributed by atoms with E-state index in [2.05, 4.69) is 10.2 Å². The lowest BCUT2D eigenvalue weighted by atomic mass is 10.3. The van der Waals surface area contributed by atoms with Gasteiger partial charge in [0, 0.05) is 12.3 Å². The summed E-state index contributed by atoms with van der Waals surface area (Å²) in [5.41, 5.74) is 0. The van der Waals surface area contributed by atoms with Gasteiger partial charge in [-0.25, -0.2) is 8.42 Å². The van der Waals surface area contributed by atoms with Crippen LogP contribution in [0, 0.1) is 0 Å². The van der Waals surface area contributed by atoms with E-state index < -0.39 is 9.84 Å². The van der Waals surface area contributed by atoms with Crippen molar-refractivity contribution < 1.29 is 13.2 Å². The van der Waals surface area contributed by atoms with Crippen LogP contribution >= 0.6 is 23.2 Å². The standard InChI is InChI=1S/C11H8Cl2N2O3S/c1-19(16,17)8-4-2-3-7(5-8)18-9-6-10(12)14-15-11(9)13/h2-6H,1H3. The molecule has 0 fully saturated rings. The first-order valence-corrected chi connectivity index (χ1v) is 7.68. The number of sulfone groups is 1. The maximum absolute atomic E-state index is 11.4. The van der Waals surface area contributed by atoms with Crippen molar-refractivity contribution in [3.05, 3.63) is 40.6 Å². The highest BCUT2D eigenvalue weighted by atomic mass is 35.5. The smallest absolute Gasteiger partial charge is 0.194 e. The minimum atomic E-state index is -3.30. The summed E-state index contributed by atoms with van der Waals surface area (Å²) in [5.74, 6) is 0.515. The second-order valence-electron chi connectivity index (χ2n) is 3.67. The van der Waals surface area contributed by atoms with Crippen molar-refractivity contribution >= 4 is 33.0 Å². The minimum Gasteiger partial charge on any atom is -0.454 e. The Morgan fingerprint density at radius 2 is 1.89 bits per heavy atom. The maximum atomic E-state index is 11.4. The Labute approximate surface area is 120 Å². The first-order chi connectivity index (χ1) is 8.86. The second kappa shape index (κ2) is 5.32. The molecule has 2 aromatic rings. The van der Waals surface area contributed by atoms with Gasteiger partial charge in [-0.05, 0) is 18.2 Å². The fourth-order valence-corrected chi connectivity index (χ4v) is 2.23. The van der Waals surface area contributed by atoms with Gasteiger partial charge in [-0.2, -0.15) is 0 Å². The van der Waals surface area contributed by atoms with Gasteiger partial charge in [-0.15, -0.1) is 10.2 Å². The van der Waals surface area contributed by atoms with E-state index in [0.29, 0.717) is 5.75 Å². The molecule has 0 aliphatic carbocycles. The molecule has 1 heterocycles. The van der Waals surface area contributed by atoms with Crippen molar-refractivity contribution in [1.82, 2.24) is 10.2 Å². The lowest BCUT2D eigenvalue weighted by Gasteiger charge is -2.07. The van der Waals surface area contributed by atoms with Gasteiger partial charge in [0.25, 0.3) is 0 Å². The Kier molecular flexibility index (Phi) is 3.93. The topological polar surface area (TPSA) is 69.2 Å². The molecule has 0 radical (unpaired) electrons. The molecule has 19 heavy (non-hydrogen) atoms. The number of halogens is 2. The number of hydrogen-bond donors (Lipinski definition) is 0. The van der Waals surface area contributed by atoms with Crippen LogP contribution in [0.5, 0.6) is 11.5 Å². The molecule has 0 spiro atoms. The van der Waals surface area contributed by atoms with E-state index in [-0.39, 0.29) is 21.0 Å². The monoisotopic (exact) mass is 318 g/mol. The summed E-state index contributed by atoms with van der Waals surface area (Å²) in [6.45, 7) is 0. The first-order valence-electron chi connectivity index (χ1n) is 5.03. The molecule has 1 aromatic carbocycles. The molecule has 0 bridgehead atoms. The molecule has 100 valence electrons. The predicted octanol–water partition coefficient (Wildman–Crippen LogP) is 2.98. The number of benzene rings is 1. The van der Waals surface area contributed by atoms with Crippen LogP contribution < -0.4 is 4.74 Å². The van der Waals surface area contributed by atoms with Crippen LogP contribution in [-0.2, 0) is 9.84 Å². The Bertz CT molecular complexity index is 720. The van der Waals surface area contributed by atoms with Crippen LogP contribution in [0.25, 0.3) is 0 Å². The van der Waals surface area contributed by atoms with Gasteiger partial charge in [-0.3, -0.25) is 0 Å². The highest BCUT2D eigenvalue weighted by Crippen LogP contribution is 2.29. The number of aromatic nitrogens is 2. The van der Waals surface area contributed by atoms with E-state index in [9.17, 15) is 8.42 Å². The molecule has 0 saturated carbocycles. The summed E-state index contributed by atoms with van der Waals surface area (Å²) < 4.78 is 28.3. The van der Waals surface area contributed by atoms with Crippen molar-refractivity contribution in [2.24, 2.45) is 0 Å². The van der Waals surface area contributed by atoms with E-state index in [1.54, 1.807) is 12.1 Å². The molecular weight excluding hydrogens is 311 g/mol. The number of hydrogen-bond acceptors (Lipinski definition) is 5. The Morgan fingerprint density at radius 1 is 1.16 bits per heavy atom. The lowest BCUT2D eigenvalue weighted by Crippen LogP contribution is -1.97. The molecule has 0 atom stereocenters. The molecular formula is C11H8Cl2N2O3S. The van der Waals surface area contributed by atoms with Gasteiger partial charge in [0.15, 0.2) is 25.9 Å². The van der Waals surface area contributed by atoms with E-state index in [4.69, 9.17) is 27.9 Å². The zero-order valence-electron chi connectivity index (χ0n) is 9.67. The van der Waals surface area contributed by atoms with Crippen LogP contribution in [0.1, 0.15) is 0 Å². The fraction of sp³-hybridized carbons (Fsp3) is 0.0909. The zero-order chi connectivity index (χ0) is 14.0. The summed E-state index contributed by atoms with van der Waals surface area (Å²) >= 11 is 11.5. The average Bonchev–Trinajstić information content (AvgIpc) is 2.33.